The molecule has 6 aliphatic rings. The lowest BCUT2D eigenvalue weighted by Gasteiger charge is -2.48. The number of hydrogen-bond acceptors (Lipinski definition) is 10. The highest BCUT2D eigenvalue weighted by Crippen LogP contribution is 2.42. The van der Waals surface area contributed by atoms with Crippen LogP contribution < -0.4 is 31.9 Å². The Bertz CT molecular complexity index is 1540. The SMILES string of the molecule is C=C1N[C@H]2[C@H](CC)N=C(NC(=O)C(Cl)(Cl)Cl)N3[C@@H](CCC)C=C[C@]23N1.C=CC[C@H]1C=C[C@]23NC(=C)N[C@H]2[C@H](CC)N=C(NC(=O)C(Cl)(Cl)Cl)N13. The maximum absolute atomic E-state index is 12.2. The molecule has 2 spiro atoms. The van der Waals surface area contributed by atoms with Crippen molar-refractivity contribution in [1.82, 2.24) is 41.7 Å². The third-order valence-corrected chi connectivity index (χ3v) is 10.5. The first-order valence-electron chi connectivity index (χ1n) is 16.4. The number of rotatable bonds is 6. The zero-order valence-corrected chi connectivity index (χ0v) is 32.4. The molecule has 12 nitrogen and oxygen atoms in total. The molecule has 6 heterocycles. The quantitative estimate of drug-likeness (QED) is 0.170. The summed E-state index contributed by atoms with van der Waals surface area (Å²) in [6.45, 7) is 18.0. The smallest absolute Gasteiger partial charge is 0.278 e. The molecule has 274 valence electrons. The number of aliphatic imine (C=N–C) groups is 2. The van der Waals surface area contributed by atoms with E-state index in [0.29, 0.717) is 24.2 Å². The van der Waals surface area contributed by atoms with Gasteiger partial charge in [-0.2, -0.15) is 0 Å². The molecule has 0 bridgehead atoms. The summed E-state index contributed by atoms with van der Waals surface area (Å²) in [7, 11) is 0. The van der Waals surface area contributed by atoms with Gasteiger partial charge in [-0.05, 0) is 37.8 Å². The third kappa shape index (κ3) is 7.00. The molecule has 0 aromatic carbocycles. The number of nitrogens with one attached hydrogen (secondary N) is 6. The molecule has 0 aromatic heterocycles. The largest absolute Gasteiger partial charge is 0.363 e. The van der Waals surface area contributed by atoms with E-state index in [1.165, 1.54) is 0 Å². The fourth-order valence-corrected chi connectivity index (χ4v) is 7.79. The molecule has 2 saturated heterocycles. The zero-order valence-electron chi connectivity index (χ0n) is 27.9. The van der Waals surface area contributed by atoms with E-state index in [0.717, 1.165) is 31.5 Å². The highest BCUT2D eigenvalue weighted by Gasteiger charge is 2.60. The Labute approximate surface area is 322 Å². The lowest BCUT2D eigenvalue weighted by molar-refractivity contribution is -0.120. The van der Waals surface area contributed by atoms with E-state index in [1.807, 2.05) is 17.9 Å². The normalized spacial score (nSPS) is 33.2. The van der Waals surface area contributed by atoms with Crippen molar-refractivity contribution >= 4 is 93.3 Å². The van der Waals surface area contributed by atoms with Crippen molar-refractivity contribution in [3.05, 3.63) is 61.8 Å². The first kappa shape index (κ1) is 38.7. The molecule has 0 radical (unpaired) electrons. The van der Waals surface area contributed by atoms with E-state index in [-0.39, 0.29) is 36.3 Å². The van der Waals surface area contributed by atoms with Gasteiger partial charge in [-0.3, -0.25) is 20.2 Å². The molecule has 6 N–H and O–H groups in total. The summed E-state index contributed by atoms with van der Waals surface area (Å²) in [5.74, 6) is 0.786. The van der Waals surface area contributed by atoms with Gasteiger partial charge in [-0.15, -0.1) is 6.58 Å². The third-order valence-electron chi connectivity index (χ3n) is 9.51. The molecule has 0 unspecified atom stereocenters. The first-order valence-corrected chi connectivity index (χ1v) is 18.7. The van der Waals surface area contributed by atoms with Gasteiger partial charge in [0.2, 0.25) is 11.9 Å². The second kappa shape index (κ2) is 14.5. The molecule has 0 aromatic rings. The summed E-state index contributed by atoms with van der Waals surface area (Å²) >= 11 is 34.4. The second-order valence-corrected chi connectivity index (χ2v) is 17.3. The summed E-state index contributed by atoms with van der Waals surface area (Å²) in [4.78, 5) is 38.0. The molecule has 6 rings (SSSR count). The van der Waals surface area contributed by atoms with Crippen molar-refractivity contribution in [2.75, 3.05) is 0 Å². The van der Waals surface area contributed by atoms with Gasteiger partial charge in [0.25, 0.3) is 19.4 Å². The van der Waals surface area contributed by atoms with Gasteiger partial charge >= 0.3 is 0 Å². The summed E-state index contributed by atoms with van der Waals surface area (Å²) in [5, 5.41) is 19.0. The molecule has 8 atom stereocenters. The van der Waals surface area contributed by atoms with Crippen LogP contribution in [0.3, 0.4) is 0 Å². The minimum absolute atomic E-state index is 0.0107. The lowest BCUT2D eigenvalue weighted by atomic mass is 9.91. The van der Waals surface area contributed by atoms with Crippen LogP contribution in [0.5, 0.6) is 0 Å². The molecule has 2 amide bonds. The highest BCUT2D eigenvalue weighted by atomic mass is 35.6. The maximum atomic E-state index is 12.2. The number of hydrogen-bond donors (Lipinski definition) is 6. The van der Waals surface area contributed by atoms with Crippen LogP contribution in [0.15, 0.2) is 71.7 Å². The number of guanidine groups is 2. The van der Waals surface area contributed by atoms with Gasteiger partial charge in [0.1, 0.15) is 0 Å². The van der Waals surface area contributed by atoms with Crippen LogP contribution in [0, 0.1) is 0 Å². The molecule has 2 fully saturated rings. The number of nitrogens with zero attached hydrogens (tertiary/aromatic N) is 4. The summed E-state index contributed by atoms with van der Waals surface area (Å²) in [5.41, 5.74) is -1.11. The molecule has 18 heteroatoms. The summed E-state index contributed by atoms with van der Waals surface area (Å²) < 4.78 is -4.12. The number of carbonyl (C=O) groups excluding carboxylic acids is 2. The van der Waals surface area contributed by atoms with Gasteiger partial charge in [0, 0.05) is 0 Å². The van der Waals surface area contributed by atoms with Gasteiger partial charge < -0.3 is 31.1 Å². The second-order valence-electron chi connectivity index (χ2n) is 12.8. The average Bonchev–Trinajstić information content (AvgIpc) is 3.77. The van der Waals surface area contributed by atoms with Crippen molar-refractivity contribution in [3.63, 3.8) is 0 Å². The fourth-order valence-electron chi connectivity index (χ4n) is 7.51. The van der Waals surface area contributed by atoms with Crippen LogP contribution in [0.4, 0.5) is 0 Å². The zero-order chi connectivity index (χ0) is 36.8. The molecule has 0 aliphatic carbocycles. The van der Waals surface area contributed by atoms with Crippen LogP contribution in [0.25, 0.3) is 0 Å². The lowest BCUT2D eigenvalue weighted by Crippen LogP contribution is -2.70. The molecule has 6 aliphatic heterocycles. The van der Waals surface area contributed by atoms with E-state index in [2.05, 4.69) is 94.7 Å². The van der Waals surface area contributed by atoms with Crippen molar-refractivity contribution in [2.45, 2.75) is 108 Å². The Morgan fingerprint density at radius 3 is 1.62 bits per heavy atom. The molecular formula is C32H42Cl6N10O2. The Kier molecular flexibility index (Phi) is 11.2. The Hall–Kier alpha value is -2.48. The molecule has 0 saturated carbocycles. The van der Waals surface area contributed by atoms with Crippen LogP contribution in [-0.4, -0.2) is 88.7 Å². The summed E-state index contributed by atoms with van der Waals surface area (Å²) in [6, 6.07) is -0.104. The van der Waals surface area contributed by atoms with E-state index in [1.54, 1.807) is 0 Å². The van der Waals surface area contributed by atoms with Gasteiger partial charge in [-0.1, -0.05) is 128 Å². The number of alkyl halides is 6. The van der Waals surface area contributed by atoms with Gasteiger partial charge in [0.15, 0.2) is 11.3 Å². The van der Waals surface area contributed by atoms with Crippen LogP contribution in [-0.2, 0) is 9.59 Å². The Balaban J connectivity index is 0.000000194. The molecule has 50 heavy (non-hydrogen) atoms. The fraction of sp³-hybridized carbons (Fsp3) is 0.562. The molecular weight excluding hydrogens is 769 g/mol. The van der Waals surface area contributed by atoms with Crippen molar-refractivity contribution in [2.24, 2.45) is 9.98 Å². The highest BCUT2D eigenvalue weighted by molar-refractivity contribution is 6.77. The standard InChI is InChI=1S/C16H22Cl3N5O.C16H20Cl3N5O/c2*1-4-6-10-7-8-15-12(20-9(3)23-15)11(5-2)21-14(24(10)15)22-13(25)16(17,18)19/h7-8,10-12,20,23H,3-6H2,1-2H3,(H,21,22,25);4,7-8,10-12,20,23H,1,3,5-6H2,2H3,(H,21,22,25)/t2*10-,11-,12-,15+/m00/s1. The maximum Gasteiger partial charge on any atom is 0.278 e. The van der Waals surface area contributed by atoms with E-state index >= 15 is 0 Å². The van der Waals surface area contributed by atoms with E-state index in [4.69, 9.17) is 79.6 Å². The number of halogens is 6. The van der Waals surface area contributed by atoms with Crippen molar-refractivity contribution in [3.8, 4) is 0 Å². The minimum Gasteiger partial charge on any atom is -0.363 e. The van der Waals surface area contributed by atoms with E-state index < -0.39 is 30.7 Å². The van der Waals surface area contributed by atoms with Crippen LogP contribution in [0.2, 0.25) is 0 Å². The number of carbonyl (C=O) groups is 2. The predicted octanol–water partition coefficient (Wildman–Crippen LogP) is 4.56. The van der Waals surface area contributed by atoms with Gasteiger partial charge in [-0.25, -0.2) is 9.98 Å². The van der Waals surface area contributed by atoms with E-state index in [9.17, 15) is 9.59 Å². The Morgan fingerprint density at radius 2 is 1.24 bits per heavy atom. The Morgan fingerprint density at radius 1 is 0.820 bits per heavy atom. The predicted molar refractivity (Wildman–Crippen MR) is 203 cm³/mol. The average molecular weight is 811 g/mol. The van der Waals surface area contributed by atoms with Crippen molar-refractivity contribution in [1.29, 1.82) is 0 Å². The summed E-state index contributed by atoms with van der Waals surface area (Å²) in [6.07, 6.45) is 14.4. The van der Waals surface area contributed by atoms with Gasteiger partial charge in [0.05, 0.1) is 47.9 Å². The first-order chi connectivity index (χ1) is 23.4. The monoisotopic (exact) mass is 808 g/mol. The van der Waals surface area contributed by atoms with Crippen molar-refractivity contribution < 1.29 is 9.59 Å². The van der Waals surface area contributed by atoms with Crippen LogP contribution >= 0.6 is 69.6 Å². The number of amides is 2. The van der Waals surface area contributed by atoms with Crippen LogP contribution in [0.1, 0.15) is 52.9 Å². The topological polar surface area (TPSA) is 138 Å². The minimum atomic E-state index is -2.07.